The fourth-order valence-electron chi connectivity index (χ4n) is 10.3. The Balaban J connectivity index is 1.32. The smallest absolute Gasteiger partial charge is 0.254 e. The van der Waals surface area contributed by atoms with Gasteiger partial charge in [-0.2, -0.15) is 0 Å². The number of oxime groups is 1. The van der Waals surface area contributed by atoms with E-state index < -0.39 is 17.7 Å². The summed E-state index contributed by atoms with van der Waals surface area (Å²) >= 11 is 0. The first-order valence-corrected chi connectivity index (χ1v) is 22.6. The number of aliphatic hydroxyl groups excluding tert-OH is 2. The molecule has 2 aliphatic carbocycles. The van der Waals surface area contributed by atoms with Gasteiger partial charge in [-0.3, -0.25) is 4.79 Å². The van der Waals surface area contributed by atoms with Crippen LogP contribution in [0, 0.1) is 17.8 Å². The van der Waals surface area contributed by atoms with Crippen molar-refractivity contribution in [2.75, 3.05) is 33.0 Å². The number of aliphatic hydroxyl groups is 2. The molecule has 9 heteroatoms. The maximum atomic E-state index is 15.2. The number of rotatable bonds is 19. The molecule has 0 spiro atoms. The molecule has 1 fully saturated rings. The molecule has 3 aliphatic rings. The van der Waals surface area contributed by atoms with Crippen LogP contribution in [0.5, 0.6) is 17.2 Å². The summed E-state index contributed by atoms with van der Waals surface area (Å²) in [6, 6.07) is 33.9. The van der Waals surface area contributed by atoms with E-state index in [2.05, 4.69) is 56.0 Å². The Bertz CT molecular complexity index is 2430. The fourth-order valence-corrected chi connectivity index (χ4v) is 10.3. The highest BCUT2D eigenvalue weighted by Gasteiger charge is 2.65. The van der Waals surface area contributed by atoms with Gasteiger partial charge in [0.25, 0.3) is 5.91 Å². The van der Waals surface area contributed by atoms with Crippen molar-refractivity contribution in [3.05, 3.63) is 139 Å². The Hall–Kier alpha value is -5.48. The largest absolute Gasteiger partial charge is 0.459 e. The number of carbonyl (C=O) groups excluding carboxylic acids is 1. The standard InChI is InChI=1S/C53H60N2O7/c1-4-27-55(52(58)41-22-21-36-15-7-9-17-38(36)31-41)49-35-47(54-60-6-3)45-33-40(19-11-13-28-56)44(20-12-14-29-57)50-46-34-43(61-42-24-23-37-16-8-10-18-39(37)32-42)25-26-48(46)62-53(49,51(45)50)59-30-5-2/h5,7-10,15-18,21-26,31-34,40,44,49-51,56-57H,2,4,6,11-14,19-20,27-30,35H2,1,3H3/t40-,44+,49-,50+,51+,53+/m0/s1. The summed E-state index contributed by atoms with van der Waals surface area (Å²) in [4.78, 5) is 23.1. The molecule has 0 aromatic heterocycles. The lowest BCUT2D eigenvalue weighted by Gasteiger charge is -2.60. The van der Waals surface area contributed by atoms with Crippen molar-refractivity contribution in [3.8, 4) is 17.2 Å². The highest BCUT2D eigenvalue weighted by molar-refractivity contribution is 6.04. The number of hydrogen-bond donors (Lipinski definition) is 2. The quantitative estimate of drug-likeness (QED) is 0.0484. The van der Waals surface area contributed by atoms with Crippen LogP contribution in [0.15, 0.2) is 133 Å². The van der Waals surface area contributed by atoms with Gasteiger partial charge in [0.15, 0.2) is 0 Å². The second kappa shape index (κ2) is 19.7. The molecule has 324 valence electrons. The predicted octanol–water partition coefficient (Wildman–Crippen LogP) is 11.0. The monoisotopic (exact) mass is 836 g/mol. The van der Waals surface area contributed by atoms with Crippen LogP contribution in [-0.2, 0) is 9.57 Å². The molecule has 8 rings (SSSR count). The van der Waals surface area contributed by atoms with Crippen LogP contribution < -0.4 is 9.47 Å². The minimum Gasteiger partial charge on any atom is -0.459 e. The van der Waals surface area contributed by atoms with E-state index in [1.165, 1.54) is 0 Å². The Morgan fingerprint density at radius 1 is 0.855 bits per heavy atom. The average molecular weight is 837 g/mol. The van der Waals surface area contributed by atoms with Gasteiger partial charge in [0.1, 0.15) is 29.9 Å². The predicted molar refractivity (Wildman–Crippen MR) is 246 cm³/mol. The van der Waals surface area contributed by atoms with Crippen LogP contribution in [0.2, 0.25) is 0 Å². The van der Waals surface area contributed by atoms with Crippen molar-refractivity contribution in [3.63, 3.8) is 0 Å². The van der Waals surface area contributed by atoms with Crippen molar-refractivity contribution >= 4 is 33.2 Å². The summed E-state index contributed by atoms with van der Waals surface area (Å²) in [6.45, 7) is 9.39. The second-order valence-corrected chi connectivity index (χ2v) is 16.9. The number of carbonyl (C=O) groups is 1. The number of ether oxygens (including phenoxy) is 3. The van der Waals surface area contributed by atoms with Crippen LogP contribution in [0.1, 0.15) is 87.1 Å². The molecule has 9 nitrogen and oxygen atoms in total. The molecule has 0 radical (unpaired) electrons. The minimum absolute atomic E-state index is 0.0992. The van der Waals surface area contributed by atoms with Crippen molar-refractivity contribution in [2.24, 2.45) is 22.9 Å². The lowest BCUT2D eigenvalue weighted by Crippen LogP contribution is -2.70. The van der Waals surface area contributed by atoms with Gasteiger partial charge in [0, 0.05) is 43.2 Å². The van der Waals surface area contributed by atoms with Gasteiger partial charge in [-0.15, -0.1) is 6.58 Å². The third-order valence-electron chi connectivity index (χ3n) is 13.0. The fraction of sp³-hybridized carbons (Fsp3) is 0.396. The van der Waals surface area contributed by atoms with Crippen LogP contribution >= 0.6 is 0 Å². The zero-order valence-electron chi connectivity index (χ0n) is 36.1. The van der Waals surface area contributed by atoms with Crippen LogP contribution in [0.25, 0.3) is 21.5 Å². The number of unbranched alkanes of at least 4 members (excludes halogenated alkanes) is 2. The number of nitrogens with zero attached hydrogens (tertiary/aromatic N) is 2. The topological polar surface area (TPSA) is 110 Å². The van der Waals surface area contributed by atoms with Gasteiger partial charge in [-0.1, -0.05) is 97.7 Å². The summed E-state index contributed by atoms with van der Waals surface area (Å²) in [5, 5.41) is 29.1. The Labute approximate surface area is 365 Å². The highest BCUT2D eigenvalue weighted by atomic mass is 16.7. The zero-order chi connectivity index (χ0) is 43.1. The third-order valence-corrected chi connectivity index (χ3v) is 13.0. The van der Waals surface area contributed by atoms with Crippen LogP contribution in [0.3, 0.4) is 0 Å². The molecular weight excluding hydrogens is 777 g/mol. The SMILES string of the molecule is C=CCO[C@@]12Oc3ccc(Oc4ccc5ccccc5c4)cc3[C@H]3[C@H](CCCCO)[C@@H](CCCCO)C=C(C(=NOCC)C[C@@H]1N(CCC)C(=O)c1ccc4ccccc4c1)[C@H]32. The highest BCUT2D eigenvalue weighted by Crippen LogP contribution is 2.62. The average Bonchev–Trinajstić information content (AvgIpc) is 3.30. The van der Waals surface area contributed by atoms with E-state index in [1.807, 2.05) is 78.6 Å². The number of benzene rings is 5. The maximum absolute atomic E-state index is 15.2. The van der Waals surface area contributed by atoms with Crippen molar-refractivity contribution in [1.29, 1.82) is 0 Å². The second-order valence-electron chi connectivity index (χ2n) is 16.9. The van der Waals surface area contributed by atoms with Crippen LogP contribution in [0.4, 0.5) is 0 Å². The Morgan fingerprint density at radius 3 is 2.24 bits per heavy atom. The molecule has 0 unspecified atom stereocenters. The summed E-state index contributed by atoms with van der Waals surface area (Å²) in [6.07, 6.45) is 9.99. The maximum Gasteiger partial charge on any atom is 0.254 e. The molecule has 2 N–H and O–H groups in total. The molecule has 1 heterocycles. The van der Waals surface area contributed by atoms with Gasteiger partial charge < -0.3 is 34.2 Å². The Kier molecular flexibility index (Phi) is 13.7. The molecule has 62 heavy (non-hydrogen) atoms. The van der Waals surface area contributed by atoms with E-state index in [0.717, 1.165) is 69.8 Å². The number of allylic oxidation sites excluding steroid dienone is 1. The molecule has 5 aromatic carbocycles. The number of hydrogen-bond acceptors (Lipinski definition) is 8. The molecular formula is C53H60N2O7. The van der Waals surface area contributed by atoms with E-state index in [0.29, 0.717) is 55.9 Å². The van der Waals surface area contributed by atoms with Gasteiger partial charge in [-0.05, 0) is 120 Å². The first-order chi connectivity index (χ1) is 30.4. The van der Waals surface area contributed by atoms with Crippen molar-refractivity contribution in [2.45, 2.75) is 83.0 Å². The van der Waals surface area contributed by atoms with Gasteiger partial charge in [-0.25, -0.2) is 0 Å². The summed E-state index contributed by atoms with van der Waals surface area (Å²) in [7, 11) is 0. The Morgan fingerprint density at radius 2 is 1.53 bits per heavy atom. The molecule has 5 aromatic rings. The van der Waals surface area contributed by atoms with Crippen molar-refractivity contribution < 1.29 is 34.1 Å². The summed E-state index contributed by atoms with van der Waals surface area (Å²) < 4.78 is 21.3. The van der Waals surface area contributed by atoms with E-state index in [9.17, 15) is 10.2 Å². The summed E-state index contributed by atoms with van der Waals surface area (Å²) in [5.41, 5.74) is 3.40. The lowest BCUT2D eigenvalue weighted by atomic mass is 9.55. The van der Waals surface area contributed by atoms with Gasteiger partial charge >= 0.3 is 0 Å². The van der Waals surface area contributed by atoms with Crippen molar-refractivity contribution in [1.82, 2.24) is 4.90 Å². The van der Waals surface area contributed by atoms with E-state index in [-0.39, 0.29) is 43.5 Å². The first kappa shape index (κ1) is 43.2. The molecule has 6 atom stereocenters. The van der Waals surface area contributed by atoms with E-state index in [1.54, 1.807) is 6.08 Å². The summed E-state index contributed by atoms with van der Waals surface area (Å²) in [5.74, 6) is 0.344. The lowest BCUT2D eigenvalue weighted by molar-refractivity contribution is -0.254. The normalized spacial score (nSPS) is 23.3. The van der Waals surface area contributed by atoms with E-state index >= 15 is 4.79 Å². The zero-order valence-corrected chi connectivity index (χ0v) is 36.1. The van der Waals surface area contributed by atoms with Crippen LogP contribution in [-0.4, -0.2) is 71.5 Å². The first-order valence-electron chi connectivity index (χ1n) is 22.6. The minimum atomic E-state index is -1.34. The molecule has 1 amide bonds. The van der Waals surface area contributed by atoms with Gasteiger partial charge in [0.05, 0.1) is 18.2 Å². The molecule has 0 bridgehead atoms. The molecule has 1 aliphatic heterocycles. The number of fused-ring (bicyclic) bond motifs is 4. The van der Waals surface area contributed by atoms with E-state index in [4.69, 9.17) is 24.2 Å². The number of amides is 1. The third kappa shape index (κ3) is 8.63. The van der Waals surface area contributed by atoms with Gasteiger partial charge in [0.2, 0.25) is 5.79 Å². The molecule has 1 saturated carbocycles. The molecule has 0 saturated heterocycles.